The SMILES string of the molecule is CCc1ccccc1CO[Si]. The van der Waals surface area contributed by atoms with Gasteiger partial charge in [0.25, 0.3) is 0 Å². The lowest BCUT2D eigenvalue weighted by atomic mass is 10.1. The van der Waals surface area contributed by atoms with Crippen LogP contribution < -0.4 is 0 Å². The van der Waals surface area contributed by atoms with Crippen LogP contribution in [0.25, 0.3) is 0 Å². The Labute approximate surface area is 70.9 Å². The molecule has 0 amide bonds. The second-order valence-electron chi connectivity index (χ2n) is 2.41. The molecule has 11 heavy (non-hydrogen) atoms. The third-order valence-corrected chi connectivity index (χ3v) is 1.87. The molecule has 3 radical (unpaired) electrons. The highest BCUT2D eigenvalue weighted by Crippen LogP contribution is 2.09. The van der Waals surface area contributed by atoms with Gasteiger partial charge in [-0.25, -0.2) is 0 Å². The van der Waals surface area contributed by atoms with Crippen molar-refractivity contribution in [3.05, 3.63) is 35.4 Å². The summed E-state index contributed by atoms with van der Waals surface area (Å²) in [5, 5.41) is 0. The number of rotatable bonds is 3. The molecular formula is C9H11OSi. The Balaban J connectivity index is 2.83. The van der Waals surface area contributed by atoms with Crippen LogP contribution in [0.1, 0.15) is 18.1 Å². The Hall–Kier alpha value is -0.603. The summed E-state index contributed by atoms with van der Waals surface area (Å²) in [6.07, 6.45) is 1.06. The van der Waals surface area contributed by atoms with Crippen molar-refractivity contribution in [3.63, 3.8) is 0 Å². The zero-order valence-corrected chi connectivity index (χ0v) is 7.63. The fourth-order valence-corrected chi connectivity index (χ4v) is 1.28. The van der Waals surface area contributed by atoms with Crippen LogP contribution in [0.4, 0.5) is 0 Å². The van der Waals surface area contributed by atoms with Crippen molar-refractivity contribution >= 4 is 10.5 Å². The number of aryl methyl sites for hydroxylation is 1. The summed E-state index contributed by atoms with van der Waals surface area (Å²) in [6, 6.07) is 8.29. The first-order chi connectivity index (χ1) is 5.38. The van der Waals surface area contributed by atoms with E-state index in [2.05, 4.69) is 35.6 Å². The highest BCUT2D eigenvalue weighted by Gasteiger charge is 1.96. The van der Waals surface area contributed by atoms with E-state index < -0.39 is 0 Å². The van der Waals surface area contributed by atoms with Crippen molar-refractivity contribution in [2.45, 2.75) is 20.0 Å². The van der Waals surface area contributed by atoms with Crippen LogP contribution in [-0.2, 0) is 17.5 Å². The molecule has 57 valence electrons. The highest BCUT2D eigenvalue weighted by atomic mass is 28.2. The third kappa shape index (κ3) is 2.17. The Morgan fingerprint density at radius 3 is 2.45 bits per heavy atom. The summed E-state index contributed by atoms with van der Waals surface area (Å²) < 4.78 is 4.88. The molecule has 0 bridgehead atoms. The standard InChI is InChI=1S/C9H11OSi/c1-2-8-5-3-4-6-9(8)7-10-11/h3-6H,2,7H2,1H3. The summed E-state index contributed by atoms with van der Waals surface area (Å²) in [6.45, 7) is 2.79. The van der Waals surface area contributed by atoms with E-state index in [1.54, 1.807) is 0 Å². The lowest BCUT2D eigenvalue weighted by molar-refractivity contribution is 0.337. The van der Waals surface area contributed by atoms with E-state index in [0.29, 0.717) is 6.61 Å². The second-order valence-corrected chi connectivity index (χ2v) is 2.70. The molecule has 1 aromatic carbocycles. The molecule has 0 saturated carbocycles. The molecule has 0 saturated heterocycles. The largest absolute Gasteiger partial charge is 0.414 e. The second kappa shape index (κ2) is 4.31. The van der Waals surface area contributed by atoms with Crippen LogP contribution in [0.3, 0.4) is 0 Å². The van der Waals surface area contributed by atoms with Gasteiger partial charge in [0.15, 0.2) is 0 Å². The molecule has 0 spiro atoms. The molecule has 0 fully saturated rings. The summed E-state index contributed by atoms with van der Waals surface area (Å²) in [5.74, 6) is 0. The van der Waals surface area contributed by atoms with Crippen molar-refractivity contribution in [1.82, 2.24) is 0 Å². The lowest BCUT2D eigenvalue weighted by Gasteiger charge is -2.04. The van der Waals surface area contributed by atoms with E-state index in [0.717, 1.165) is 6.42 Å². The van der Waals surface area contributed by atoms with Gasteiger partial charge in [-0.05, 0) is 17.5 Å². The minimum atomic E-state index is 0.640. The van der Waals surface area contributed by atoms with Crippen molar-refractivity contribution < 1.29 is 4.43 Å². The fourth-order valence-electron chi connectivity index (χ4n) is 1.12. The van der Waals surface area contributed by atoms with Crippen LogP contribution in [0.15, 0.2) is 24.3 Å². The molecule has 0 aliphatic rings. The average molecular weight is 163 g/mol. The molecule has 0 aliphatic carbocycles. The van der Waals surface area contributed by atoms with Gasteiger partial charge in [-0.2, -0.15) is 0 Å². The van der Waals surface area contributed by atoms with Crippen LogP contribution in [0.2, 0.25) is 0 Å². The summed E-state index contributed by atoms with van der Waals surface area (Å²) >= 11 is 0. The molecule has 1 aromatic rings. The minimum absolute atomic E-state index is 0.640. The monoisotopic (exact) mass is 163 g/mol. The topological polar surface area (TPSA) is 9.23 Å². The predicted octanol–water partition coefficient (Wildman–Crippen LogP) is 1.85. The molecule has 1 nitrogen and oxygen atoms in total. The van der Waals surface area contributed by atoms with Gasteiger partial charge < -0.3 is 4.43 Å². The Morgan fingerprint density at radius 2 is 1.91 bits per heavy atom. The maximum absolute atomic E-state index is 4.88. The lowest BCUT2D eigenvalue weighted by Crippen LogP contribution is -1.93. The van der Waals surface area contributed by atoms with Gasteiger partial charge in [0.1, 0.15) is 0 Å². The summed E-state index contributed by atoms with van der Waals surface area (Å²) in [4.78, 5) is 0. The molecule has 0 unspecified atom stereocenters. The molecule has 1 rings (SSSR count). The van der Waals surface area contributed by atoms with E-state index in [-0.39, 0.29) is 0 Å². The number of hydrogen-bond acceptors (Lipinski definition) is 1. The van der Waals surface area contributed by atoms with E-state index in [4.69, 9.17) is 4.43 Å². The van der Waals surface area contributed by atoms with Crippen molar-refractivity contribution in [2.24, 2.45) is 0 Å². The van der Waals surface area contributed by atoms with Crippen molar-refractivity contribution in [2.75, 3.05) is 0 Å². The predicted molar refractivity (Wildman–Crippen MR) is 46.4 cm³/mol. The molecule has 0 aliphatic heterocycles. The summed E-state index contributed by atoms with van der Waals surface area (Å²) in [5.41, 5.74) is 2.61. The molecule has 0 heterocycles. The fraction of sp³-hybridized carbons (Fsp3) is 0.333. The van der Waals surface area contributed by atoms with E-state index >= 15 is 0 Å². The van der Waals surface area contributed by atoms with E-state index in [9.17, 15) is 0 Å². The van der Waals surface area contributed by atoms with Crippen LogP contribution >= 0.6 is 0 Å². The van der Waals surface area contributed by atoms with Crippen molar-refractivity contribution in [3.8, 4) is 0 Å². The van der Waals surface area contributed by atoms with Gasteiger partial charge in [-0.3, -0.25) is 0 Å². The van der Waals surface area contributed by atoms with E-state index in [1.165, 1.54) is 11.1 Å². The van der Waals surface area contributed by atoms with E-state index in [1.807, 2.05) is 6.07 Å². The molecule has 2 heteroatoms. The quantitative estimate of drug-likeness (QED) is 0.618. The first-order valence-corrected chi connectivity index (χ1v) is 4.14. The van der Waals surface area contributed by atoms with Gasteiger partial charge in [0.05, 0.1) is 6.61 Å². The smallest absolute Gasteiger partial charge is 0.246 e. The van der Waals surface area contributed by atoms with Crippen LogP contribution in [0.5, 0.6) is 0 Å². The minimum Gasteiger partial charge on any atom is -0.414 e. The molecule has 0 aromatic heterocycles. The average Bonchev–Trinajstić information content (AvgIpc) is 2.06. The zero-order chi connectivity index (χ0) is 8.10. The molecular weight excluding hydrogens is 152 g/mol. The summed E-state index contributed by atoms with van der Waals surface area (Å²) in [7, 11) is 2.99. The normalized spacial score (nSPS) is 10.0. The maximum atomic E-state index is 4.88. The van der Waals surface area contributed by atoms with Gasteiger partial charge >= 0.3 is 0 Å². The van der Waals surface area contributed by atoms with Crippen molar-refractivity contribution in [1.29, 1.82) is 0 Å². The Kier molecular flexibility index (Phi) is 3.33. The number of benzene rings is 1. The highest BCUT2D eigenvalue weighted by molar-refractivity contribution is 5.97. The number of hydrogen-bond donors (Lipinski definition) is 0. The third-order valence-electron chi connectivity index (χ3n) is 1.73. The van der Waals surface area contributed by atoms with Crippen LogP contribution in [0, 0.1) is 0 Å². The molecule has 0 atom stereocenters. The molecule has 0 N–H and O–H groups in total. The Bertz CT molecular complexity index is 223. The van der Waals surface area contributed by atoms with Gasteiger partial charge in [-0.15, -0.1) is 0 Å². The maximum Gasteiger partial charge on any atom is 0.246 e. The van der Waals surface area contributed by atoms with Crippen LogP contribution in [-0.4, -0.2) is 10.5 Å². The first kappa shape index (κ1) is 8.49. The van der Waals surface area contributed by atoms with Gasteiger partial charge in [0, 0.05) is 0 Å². The first-order valence-electron chi connectivity index (χ1n) is 3.73. The van der Waals surface area contributed by atoms with Gasteiger partial charge in [-0.1, -0.05) is 31.2 Å². The zero-order valence-electron chi connectivity index (χ0n) is 6.63. The Morgan fingerprint density at radius 1 is 1.27 bits per heavy atom. The van der Waals surface area contributed by atoms with Gasteiger partial charge in [0.2, 0.25) is 10.5 Å².